The minimum atomic E-state index is 0.414. The Morgan fingerprint density at radius 3 is 2.13 bits per heavy atom. The molecule has 184 valence electrons. The third kappa shape index (κ3) is 5.25. The van der Waals surface area contributed by atoms with E-state index < -0.39 is 0 Å². The smallest absolute Gasteiger partial charge is 0.136 e. The van der Waals surface area contributed by atoms with Crippen LogP contribution in [0.25, 0.3) is 0 Å². The topological polar surface area (TPSA) is 43.1 Å². The van der Waals surface area contributed by atoms with Gasteiger partial charge in [-0.15, -0.1) is 0 Å². The number of nitrogens with two attached hydrogens (primary N) is 1. The molecule has 0 heterocycles. The van der Waals surface area contributed by atoms with Crippen molar-refractivity contribution < 1.29 is 4.79 Å². The maximum atomic E-state index is 13.3. The Morgan fingerprint density at radius 1 is 0.903 bits per heavy atom. The molecule has 0 spiro atoms. The van der Waals surface area contributed by atoms with Gasteiger partial charge in [0.1, 0.15) is 5.78 Å². The van der Waals surface area contributed by atoms with Crippen LogP contribution in [0.4, 0.5) is 0 Å². The number of rotatable bonds is 3. The monoisotopic (exact) mass is 435 g/mol. The van der Waals surface area contributed by atoms with Gasteiger partial charge in [0.25, 0.3) is 0 Å². The van der Waals surface area contributed by atoms with Crippen LogP contribution in [0.1, 0.15) is 126 Å². The van der Waals surface area contributed by atoms with Crippen LogP contribution in [0.2, 0.25) is 0 Å². The third-order valence-electron chi connectivity index (χ3n) is 9.89. The summed E-state index contributed by atoms with van der Waals surface area (Å²) >= 11 is 0. The second-order valence-electron chi connectivity index (χ2n) is 10.9. The van der Waals surface area contributed by atoms with Gasteiger partial charge in [-0.3, -0.25) is 4.79 Å². The fraction of sp³-hybridized carbons (Fsp3) is 0.966. The first-order valence-electron chi connectivity index (χ1n) is 14.0. The highest BCUT2D eigenvalue weighted by molar-refractivity contribution is 5.83. The summed E-state index contributed by atoms with van der Waals surface area (Å²) in [4.78, 5) is 13.3. The highest BCUT2D eigenvalue weighted by Crippen LogP contribution is 2.67. The lowest BCUT2D eigenvalue weighted by atomic mass is 9.44. The summed E-state index contributed by atoms with van der Waals surface area (Å²) < 4.78 is 0. The van der Waals surface area contributed by atoms with E-state index in [0.717, 1.165) is 18.3 Å². The van der Waals surface area contributed by atoms with E-state index in [1.807, 2.05) is 27.7 Å². The molecule has 2 heteroatoms. The number of hydrogen-bond donors (Lipinski definition) is 1. The maximum absolute atomic E-state index is 13.3. The molecule has 0 radical (unpaired) electrons. The van der Waals surface area contributed by atoms with Gasteiger partial charge in [0, 0.05) is 12.3 Å². The lowest BCUT2D eigenvalue weighted by molar-refractivity contribution is -0.156. The molecule has 7 unspecified atom stereocenters. The normalized spacial score (nSPS) is 41.5. The molecule has 0 aromatic heterocycles. The molecular weight excluding hydrogens is 378 g/mol. The van der Waals surface area contributed by atoms with E-state index >= 15 is 0 Å². The second-order valence-corrected chi connectivity index (χ2v) is 10.9. The van der Waals surface area contributed by atoms with Crippen molar-refractivity contribution in [2.75, 3.05) is 7.05 Å². The summed E-state index contributed by atoms with van der Waals surface area (Å²) in [5.41, 5.74) is 5.43. The molecule has 4 aliphatic carbocycles. The lowest BCUT2D eigenvalue weighted by Crippen LogP contribution is -2.56. The van der Waals surface area contributed by atoms with Gasteiger partial charge in [0.2, 0.25) is 0 Å². The van der Waals surface area contributed by atoms with Crippen molar-refractivity contribution in [2.45, 2.75) is 126 Å². The third-order valence-corrected chi connectivity index (χ3v) is 9.89. The van der Waals surface area contributed by atoms with E-state index in [9.17, 15) is 4.79 Å². The number of fused-ring (bicyclic) bond motifs is 5. The predicted molar refractivity (Wildman–Crippen MR) is 137 cm³/mol. The molecule has 4 saturated carbocycles. The van der Waals surface area contributed by atoms with Crippen LogP contribution < -0.4 is 5.73 Å². The SMILES string of the molecule is CC.CC.CCC[C@@H](C)C1CCC2C3C(=O)CC4CCCCC4(C)C3CCC21C.CN. The maximum Gasteiger partial charge on any atom is 0.136 e. The number of Topliss-reactive ketones (excluding diaryl/α,β-unsaturated/α-hetero) is 1. The van der Waals surface area contributed by atoms with Crippen molar-refractivity contribution >= 4 is 5.78 Å². The van der Waals surface area contributed by atoms with Crippen molar-refractivity contribution in [1.82, 2.24) is 0 Å². The Bertz CT molecular complexity index is 531. The van der Waals surface area contributed by atoms with E-state index in [0.29, 0.717) is 40.3 Å². The van der Waals surface area contributed by atoms with E-state index in [1.54, 1.807) is 0 Å². The van der Waals surface area contributed by atoms with Crippen molar-refractivity contribution in [2.24, 2.45) is 52.1 Å². The average Bonchev–Trinajstić information content (AvgIpc) is 3.16. The first-order valence-corrected chi connectivity index (χ1v) is 14.0. The Hall–Kier alpha value is -0.370. The Morgan fingerprint density at radius 2 is 1.52 bits per heavy atom. The molecule has 0 bridgehead atoms. The van der Waals surface area contributed by atoms with Gasteiger partial charge in [-0.25, -0.2) is 0 Å². The molecule has 2 nitrogen and oxygen atoms in total. The van der Waals surface area contributed by atoms with Gasteiger partial charge in [-0.1, -0.05) is 81.1 Å². The molecule has 0 aromatic rings. The Balaban J connectivity index is 0.000000739. The predicted octanol–water partition coefficient (Wildman–Crippen LogP) is 8.28. The summed E-state index contributed by atoms with van der Waals surface area (Å²) in [6.45, 7) is 18.0. The number of hydrogen-bond acceptors (Lipinski definition) is 2. The largest absolute Gasteiger partial charge is 0.333 e. The lowest BCUT2D eigenvalue weighted by Gasteiger charge is -2.60. The van der Waals surface area contributed by atoms with Crippen molar-refractivity contribution in [1.29, 1.82) is 0 Å². The molecule has 0 saturated heterocycles. The second kappa shape index (κ2) is 12.8. The number of carbonyl (C=O) groups excluding carboxylic acids is 1. The van der Waals surface area contributed by atoms with E-state index in [-0.39, 0.29) is 0 Å². The minimum absolute atomic E-state index is 0.414. The fourth-order valence-electron chi connectivity index (χ4n) is 8.59. The van der Waals surface area contributed by atoms with Crippen LogP contribution in [0, 0.1) is 46.3 Å². The summed E-state index contributed by atoms with van der Waals surface area (Å²) in [6.07, 6.45) is 14.5. The van der Waals surface area contributed by atoms with Crippen LogP contribution in [0.15, 0.2) is 0 Å². The van der Waals surface area contributed by atoms with Crippen LogP contribution in [-0.2, 0) is 4.79 Å². The molecule has 0 aliphatic heterocycles. The summed E-state index contributed by atoms with van der Waals surface area (Å²) in [7, 11) is 1.50. The van der Waals surface area contributed by atoms with E-state index in [4.69, 9.17) is 0 Å². The molecule has 4 rings (SSSR count). The fourth-order valence-corrected chi connectivity index (χ4v) is 8.59. The van der Waals surface area contributed by atoms with Crippen LogP contribution in [0.5, 0.6) is 0 Å². The van der Waals surface area contributed by atoms with Gasteiger partial charge in [-0.05, 0) is 86.0 Å². The minimum Gasteiger partial charge on any atom is -0.333 e. The standard InChI is InChI=1S/C24H40O.2C2H6.CH5N/c1-5-8-16(2)18-10-11-19-22-20(12-14-24(18,19)4)23(3)13-7-6-9-17(23)15-21(22)25;3*1-2/h16-20,22H,5-15H2,1-4H3;2*1-2H3;2H2,1H3/t16-,17?,18?,19?,20?,22?,23?,24?;;;/m1.../s1. The summed E-state index contributed by atoms with van der Waals surface area (Å²) in [5.74, 6) is 4.90. The molecule has 4 aliphatic rings. The zero-order chi connectivity index (χ0) is 23.8. The molecular formula is C29H57NO. The zero-order valence-electron chi connectivity index (χ0n) is 22.7. The van der Waals surface area contributed by atoms with Gasteiger partial charge in [-0.2, -0.15) is 0 Å². The van der Waals surface area contributed by atoms with Gasteiger partial charge in [0.05, 0.1) is 0 Å². The molecule has 2 N–H and O–H groups in total. The van der Waals surface area contributed by atoms with Crippen molar-refractivity contribution in [3.05, 3.63) is 0 Å². The average molecular weight is 436 g/mol. The molecule has 0 aromatic carbocycles. The van der Waals surface area contributed by atoms with Crippen LogP contribution in [-0.4, -0.2) is 12.8 Å². The Kier molecular flexibility index (Phi) is 11.8. The van der Waals surface area contributed by atoms with Crippen LogP contribution >= 0.6 is 0 Å². The molecule has 31 heavy (non-hydrogen) atoms. The first kappa shape index (κ1) is 28.7. The summed E-state index contributed by atoms with van der Waals surface area (Å²) in [6, 6.07) is 0. The van der Waals surface area contributed by atoms with Gasteiger partial charge >= 0.3 is 0 Å². The van der Waals surface area contributed by atoms with E-state index in [1.165, 1.54) is 71.3 Å². The zero-order valence-corrected chi connectivity index (χ0v) is 22.7. The molecule has 8 atom stereocenters. The van der Waals surface area contributed by atoms with Crippen LogP contribution in [0.3, 0.4) is 0 Å². The summed E-state index contributed by atoms with van der Waals surface area (Å²) in [5, 5.41) is 0. The Labute approximate surface area is 195 Å². The molecule has 4 fully saturated rings. The molecule has 0 amide bonds. The highest BCUT2D eigenvalue weighted by Gasteiger charge is 2.62. The quantitative estimate of drug-likeness (QED) is 0.484. The van der Waals surface area contributed by atoms with Gasteiger partial charge < -0.3 is 5.73 Å². The first-order chi connectivity index (χ1) is 14.9. The highest BCUT2D eigenvalue weighted by atomic mass is 16.1. The van der Waals surface area contributed by atoms with Gasteiger partial charge in [0.15, 0.2) is 0 Å². The van der Waals surface area contributed by atoms with Crippen molar-refractivity contribution in [3.63, 3.8) is 0 Å². The van der Waals surface area contributed by atoms with E-state index in [2.05, 4.69) is 33.4 Å². The van der Waals surface area contributed by atoms with Crippen molar-refractivity contribution in [3.8, 4) is 0 Å². The number of carbonyl (C=O) groups is 1. The number of ketones is 1.